The molecule has 0 aromatic rings. The van der Waals surface area contributed by atoms with Gasteiger partial charge in [0, 0.05) is 12.5 Å². The van der Waals surface area contributed by atoms with Gasteiger partial charge >= 0.3 is 0 Å². The van der Waals surface area contributed by atoms with Crippen LogP contribution in [0.4, 0.5) is 0 Å². The van der Waals surface area contributed by atoms with Crippen LogP contribution in [0.2, 0.25) is 0 Å². The van der Waals surface area contributed by atoms with Crippen LogP contribution in [0, 0.1) is 5.92 Å². The van der Waals surface area contributed by atoms with Crippen molar-refractivity contribution in [3.8, 4) is 0 Å². The molecule has 1 amide bonds. The summed E-state index contributed by atoms with van der Waals surface area (Å²) in [5.74, 6) is 2.74. The lowest BCUT2D eigenvalue weighted by Gasteiger charge is -2.16. The summed E-state index contributed by atoms with van der Waals surface area (Å²) in [6.07, 6.45) is 2.59. The van der Waals surface area contributed by atoms with E-state index in [0.29, 0.717) is 18.9 Å². The lowest BCUT2D eigenvalue weighted by atomic mass is 10.0. The number of nitrogens with one attached hydrogen (secondary N) is 1. The molecule has 2 atom stereocenters. The summed E-state index contributed by atoms with van der Waals surface area (Å²) >= 11 is 1.92. The fourth-order valence-electron chi connectivity index (χ4n) is 1.47. The Kier molecular flexibility index (Phi) is 9.83. The van der Waals surface area contributed by atoms with Crippen LogP contribution in [0.25, 0.3) is 0 Å². The molecule has 3 nitrogen and oxygen atoms in total. The Labute approximate surface area is 104 Å². The molecule has 0 aromatic carbocycles. The standard InChI is InChI=1S/C12H26N2OS/c1-4-11(9-13)8-12(15)14-10(3)6-7-16-5-2/h10-11H,4-9,13H2,1-3H3,(H,14,15). The van der Waals surface area contributed by atoms with Crippen molar-refractivity contribution in [3.63, 3.8) is 0 Å². The van der Waals surface area contributed by atoms with Crippen LogP contribution in [-0.2, 0) is 4.79 Å². The van der Waals surface area contributed by atoms with Gasteiger partial charge in [0.15, 0.2) is 0 Å². The highest BCUT2D eigenvalue weighted by Gasteiger charge is 2.12. The van der Waals surface area contributed by atoms with Crippen molar-refractivity contribution >= 4 is 17.7 Å². The molecule has 0 aliphatic carbocycles. The SMILES string of the molecule is CCSCCC(C)NC(=O)CC(CC)CN. The Balaban J connectivity index is 3.68. The van der Waals surface area contributed by atoms with Crippen molar-refractivity contribution in [1.29, 1.82) is 0 Å². The smallest absolute Gasteiger partial charge is 0.220 e. The third-order valence-electron chi connectivity index (χ3n) is 2.69. The van der Waals surface area contributed by atoms with Crippen molar-refractivity contribution in [2.24, 2.45) is 11.7 Å². The first-order valence-corrected chi connectivity index (χ1v) is 7.36. The van der Waals surface area contributed by atoms with Crippen molar-refractivity contribution in [3.05, 3.63) is 0 Å². The molecular weight excluding hydrogens is 220 g/mol. The van der Waals surface area contributed by atoms with Gasteiger partial charge in [-0.3, -0.25) is 4.79 Å². The molecule has 0 rings (SSSR count). The quantitative estimate of drug-likeness (QED) is 0.612. The van der Waals surface area contributed by atoms with Gasteiger partial charge in [-0.05, 0) is 37.3 Å². The summed E-state index contributed by atoms with van der Waals surface area (Å²) in [6.45, 7) is 6.90. The van der Waals surface area contributed by atoms with Crippen molar-refractivity contribution < 1.29 is 4.79 Å². The van der Waals surface area contributed by atoms with Gasteiger partial charge in [0.2, 0.25) is 5.91 Å². The molecule has 0 saturated carbocycles. The van der Waals surface area contributed by atoms with Gasteiger partial charge in [-0.1, -0.05) is 20.3 Å². The third-order valence-corrected chi connectivity index (χ3v) is 3.62. The van der Waals surface area contributed by atoms with Crippen LogP contribution in [0.1, 0.15) is 40.0 Å². The molecule has 0 aromatic heterocycles. The van der Waals surface area contributed by atoms with Gasteiger partial charge in [0.25, 0.3) is 0 Å². The highest BCUT2D eigenvalue weighted by molar-refractivity contribution is 7.99. The number of amides is 1. The van der Waals surface area contributed by atoms with E-state index in [1.165, 1.54) is 0 Å². The number of carbonyl (C=O) groups excluding carboxylic acids is 1. The minimum atomic E-state index is 0.145. The number of thioether (sulfide) groups is 1. The maximum absolute atomic E-state index is 11.6. The minimum Gasteiger partial charge on any atom is -0.354 e. The normalized spacial score (nSPS) is 14.5. The predicted octanol–water partition coefficient (Wildman–Crippen LogP) is 2.01. The Morgan fingerprint density at radius 2 is 2.12 bits per heavy atom. The lowest BCUT2D eigenvalue weighted by molar-refractivity contribution is -0.122. The Bertz CT molecular complexity index is 184. The zero-order chi connectivity index (χ0) is 12.4. The minimum absolute atomic E-state index is 0.145. The van der Waals surface area contributed by atoms with E-state index in [2.05, 4.69) is 26.1 Å². The number of carbonyl (C=O) groups is 1. The summed E-state index contributed by atoms with van der Waals surface area (Å²) in [5, 5.41) is 3.03. The molecule has 0 aliphatic rings. The third kappa shape index (κ3) is 7.99. The molecule has 4 heteroatoms. The lowest BCUT2D eigenvalue weighted by Crippen LogP contribution is -2.35. The topological polar surface area (TPSA) is 55.1 Å². The van der Waals surface area contributed by atoms with Crippen molar-refractivity contribution in [1.82, 2.24) is 5.32 Å². The van der Waals surface area contributed by atoms with E-state index in [9.17, 15) is 4.79 Å². The molecule has 96 valence electrons. The maximum Gasteiger partial charge on any atom is 0.220 e. The van der Waals surface area contributed by atoms with Crippen LogP contribution in [0.3, 0.4) is 0 Å². The van der Waals surface area contributed by atoms with E-state index in [0.717, 1.165) is 24.3 Å². The van der Waals surface area contributed by atoms with Crippen LogP contribution in [0.15, 0.2) is 0 Å². The van der Waals surface area contributed by atoms with Gasteiger partial charge < -0.3 is 11.1 Å². The first kappa shape index (κ1) is 15.8. The van der Waals surface area contributed by atoms with Gasteiger partial charge in [0.1, 0.15) is 0 Å². The molecule has 2 unspecified atom stereocenters. The second kappa shape index (κ2) is 9.97. The Morgan fingerprint density at radius 1 is 1.44 bits per heavy atom. The molecule has 16 heavy (non-hydrogen) atoms. The van der Waals surface area contributed by atoms with E-state index in [1.54, 1.807) is 0 Å². The van der Waals surface area contributed by atoms with Gasteiger partial charge in [-0.25, -0.2) is 0 Å². The number of rotatable bonds is 9. The molecule has 0 heterocycles. The number of nitrogens with two attached hydrogens (primary N) is 1. The molecule has 0 fully saturated rings. The molecule has 0 aliphatic heterocycles. The van der Waals surface area contributed by atoms with E-state index < -0.39 is 0 Å². The van der Waals surface area contributed by atoms with Crippen LogP contribution in [0.5, 0.6) is 0 Å². The fourth-order valence-corrected chi connectivity index (χ4v) is 2.28. The van der Waals surface area contributed by atoms with Gasteiger partial charge in [-0.15, -0.1) is 0 Å². The number of hydrogen-bond acceptors (Lipinski definition) is 3. The van der Waals surface area contributed by atoms with Crippen LogP contribution < -0.4 is 11.1 Å². The molecule has 0 spiro atoms. The number of hydrogen-bond donors (Lipinski definition) is 2. The average Bonchev–Trinajstić information content (AvgIpc) is 2.26. The van der Waals surface area contributed by atoms with Gasteiger partial charge in [0.05, 0.1) is 0 Å². The summed E-state index contributed by atoms with van der Waals surface area (Å²) in [5.41, 5.74) is 5.58. The molecule has 3 N–H and O–H groups in total. The van der Waals surface area contributed by atoms with Crippen molar-refractivity contribution in [2.45, 2.75) is 46.1 Å². The second-order valence-corrected chi connectivity index (χ2v) is 5.56. The largest absolute Gasteiger partial charge is 0.354 e. The first-order chi connectivity index (χ1) is 7.63. The maximum atomic E-state index is 11.6. The monoisotopic (exact) mass is 246 g/mol. The summed E-state index contributed by atoms with van der Waals surface area (Å²) < 4.78 is 0. The molecule has 0 bridgehead atoms. The average molecular weight is 246 g/mol. The Morgan fingerprint density at radius 3 is 2.62 bits per heavy atom. The first-order valence-electron chi connectivity index (χ1n) is 6.21. The summed E-state index contributed by atoms with van der Waals surface area (Å²) in [4.78, 5) is 11.6. The van der Waals surface area contributed by atoms with Crippen LogP contribution in [-0.4, -0.2) is 30.0 Å². The molecule has 0 saturated heterocycles. The zero-order valence-electron chi connectivity index (χ0n) is 10.8. The predicted molar refractivity (Wildman–Crippen MR) is 72.7 cm³/mol. The second-order valence-electron chi connectivity index (χ2n) is 4.17. The van der Waals surface area contributed by atoms with Crippen molar-refractivity contribution in [2.75, 3.05) is 18.1 Å². The highest BCUT2D eigenvalue weighted by Crippen LogP contribution is 2.07. The van der Waals surface area contributed by atoms with E-state index in [4.69, 9.17) is 5.73 Å². The zero-order valence-corrected chi connectivity index (χ0v) is 11.6. The van der Waals surface area contributed by atoms with Crippen LogP contribution >= 0.6 is 11.8 Å². The fraction of sp³-hybridized carbons (Fsp3) is 0.917. The summed E-state index contributed by atoms with van der Waals surface area (Å²) in [7, 11) is 0. The highest BCUT2D eigenvalue weighted by atomic mass is 32.2. The molecule has 0 radical (unpaired) electrons. The summed E-state index contributed by atoms with van der Waals surface area (Å²) in [6, 6.07) is 0.279. The van der Waals surface area contributed by atoms with Gasteiger partial charge in [-0.2, -0.15) is 11.8 Å². The van der Waals surface area contributed by atoms with E-state index in [1.807, 2.05) is 11.8 Å². The molecular formula is C12H26N2OS. The van der Waals surface area contributed by atoms with E-state index in [-0.39, 0.29) is 11.9 Å². The van der Waals surface area contributed by atoms with E-state index >= 15 is 0 Å². The Hall–Kier alpha value is -0.220.